The maximum Gasteiger partial charge on any atom is 0.309 e. The van der Waals surface area contributed by atoms with Crippen LogP contribution in [0.15, 0.2) is 22.7 Å². The van der Waals surface area contributed by atoms with Gasteiger partial charge in [-0.3, -0.25) is 4.79 Å². The zero-order valence-corrected chi connectivity index (χ0v) is 12.9. The molecule has 0 radical (unpaired) electrons. The third-order valence-electron chi connectivity index (χ3n) is 3.58. The first-order valence-corrected chi connectivity index (χ1v) is 7.36. The Kier molecular flexibility index (Phi) is 4.19. The number of aliphatic carboxylic acids is 1. The van der Waals surface area contributed by atoms with Crippen molar-refractivity contribution in [2.45, 2.75) is 45.6 Å². The number of rotatable bonds is 5. The van der Waals surface area contributed by atoms with E-state index in [0.717, 1.165) is 28.6 Å². The summed E-state index contributed by atoms with van der Waals surface area (Å²) in [4.78, 5) is 11.3. The first kappa shape index (κ1) is 14.4. The average molecular weight is 327 g/mol. The van der Waals surface area contributed by atoms with Crippen LogP contribution in [-0.4, -0.2) is 17.2 Å². The largest absolute Gasteiger partial charge is 0.490 e. The Morgan fingerprint density at radius 3 is 2.68 bits per heavy atom. The summed E-state index contributed by atoms with van der Waals surface area (Å²) < 4.78 is 6.90. The average Bonchev–Trinajstić information content (AvgIpc) is 2.24. The third-order valence-corrected chi connectivity index (χ3v) is 4.07. The highest BCUT2D eigenvalue weighted by Crippen LogP contribution is 2.33. The molecule has 0 heterocycles. The van der Waals surface area contributed by atoms with Crippen LogP contribution in [0.1, 0.15) is 38.7 Å². The maximum atomic E-state index is 11.3. The van der Waals surface area contributed by atoms with Crippen LogP contribution in [0.5, 0.6) is 5.75 Å². The summed E-state index contributed by atoms with van der Waals surface area (Å²) in [5.41, 5.74) is 0.159. The zero-order valence-electron chi connectivity index (χ0n) is 11.3. The summed E-state index contributed by atoms with van der Waals surface area (Å²) in [5, 5.41) is 9.25. The summed E-state index contributed by atoms with van der Waals surface area (Å²) in [5.74, 6) is 0.0318. The predicted octanol–water partition coefficient (Wildman–Crippen LogP) is 4.03. The van der Waals surface area contributed by atoms with Crippen LogP contribution < -0.4 is 4.74 Å². The minimum absolute atomic E-state index is 0.299. The van der Waals surface area contributed by atoms with Crippen molar-refractivity contribution >= 4 is 21.9 Å². The van der Waals surface area contributed by atoms with Crippen LogP contribution in [0.3, 0.4) is 0 Å². The first-order chi connectivity index (χ1) is 8.88. The molecule has 0 spiro atoms. The van der Waals surface area contributed by atoms with Crippen molar-refractivity contribution in [2.75, 3.05) is 0 Å². The number of ether oxygens (including phenoxy) is 1. The summed E-state index contributed by atoms with van der Waals surface area (Å²) in [6, 6.07) is 5.82. The molecule has 2 rings (SSSR count). The molecule has 0 bridgehead atoms. The molecule has 0 amide bonds. The van der Waals surface area contributed by atoms with Gasteiger partial charge in [0.1, 0.15) is 5.75 Å². The molecule has 0 aromatic heterocycles. The molecule has 1 fully saturated rings. The van der Waals surface area contributed by atoms with Gasteiger partial charge in [0.25, 0.3) is 0 Å². The second-order valence-electron chi connectivity index (χ2n) is 5.79. The lowest BCUT2D eigenvalue weighted by molar-refractivity contribution is -0.146. The van der Waals surface area contributed by atoms with E-state index in [9.17, 15) is 9.90 Å². The van der Waals surface area contributed by atoms with Gasteiger partial charge in [0.2, 0.25) is 0 Å². The normalized spacial score (nSPS) is 15.9. The van der Waals surface area contributed by atoms with Gasteiger partial charge in [0, 0.05) is 4.47 Å². The quantitative estimate of drug-likeness (QED) is 0.888. The minimum atomic E-state index is -0.793. The lowest BCUT2D eigenvalue weighted by Crippen LogP contribution is -2.28. The van der Waals surface area contributed by atoms with Gasteiger partial charge in [0.05, 0.1) is 11.5 Å². The van der Waals surface area contributed by atoms with Gasteiger partial charge >= 0.3 is 5.97 Å². The molecule has 4 heteroatoms. The topological polar surface area (TPSA) is 46.5 Å². The lowest BCUT2D eigenvalue weighted by Gasteiger charge is -2.28. The summed E-state index contributed by atoms with van der Waals surface area (Å²) in [6.45, 7) is 3.48. The number of benzene rings is 1. The molecule has 3 nitrogen and oxygen atoms in total. The molecule has 104 valence electrons. The van der Waals surface area contributed by atoms with E-state index in [-0.39, 0.29) is 0 Å². The van der Waals surface area contributed by atoms with E-state index in [2.05, 4.69) is 15.9 Å². The Morgan fingerprint density at radius 2 is 2.16 bits per heavy atom. The number of carbonyl (C=O) groups is 1. The number of halogens is 1. The fourth-order valence-electron chi connectivity index (χ4n) is 2.02. The molecule has 19 heavy (non-hydrogen) atoms. The van der Waals surface area contributed by atoms with Gasteiger partial charge in [0.15, 0.2) is 0 Å². The van der Waals surface area contributed by atoms with E-state index in [4.69, 9.17) is 4.74 Å². The van der Waals surface area contributed by atoms with Crippen LogP contribution in [-0.2, 0) is 11.2 Å². The van der Waals surface area contributed by atoms with Crippen molar-refractivity contribution in [2.24, 2.45) is 5.41 Å². The Bertz CT molecular complexity index is 478. The second-order valence-corrected chi connectivity index (χ2v) is 6.70. The van der Waals surface area contributed by atoms with Crippen molar-refractivity contribution in [3.05, 3.63) is 28.2 Å². The Morgan fingerprint density at radius 1 is 1.47 bits per heavy atom. The second kappa shape index (κ2) is 5.53. The van der Waals surface area contributed by atoms with Crippen molar-refractivity contribution < 1.29 is 14.6 Å². The van der Waals surface area contributed by atoms with Gasteiger partial charge in [-0.2, -0.15) is 0 Å². The van der Waals surface area contributed by atoms with Crippen molar-refractivity contribution in [1.82, 2.24) is 0 Å². The number of hydrogen-bond donors (Lipinski definition) is 1. The smallest absolute Gasteiger partial charge is 0.309 e. The Labute approximate surface area is 122 Å². The SMILES string of the molecule is CC(C)(Cc1cc(Br)ccc1OC1CCC1)C(=O)O. The summed E-state index contributed by atoms with van der Waals surface area (Å²) in [6.07, 6.45) is 4.17. The molecule has 1 aliphatic rings. The van der Waals surface area contributed by atoms with Crippen LogP contribution in [0.2, 0.25) is 0 Å². The van der Waals surface area contributed by atoms with Crippen molar-refractivity contribution in [1.29, 1.82) is 0 Å². The molecular formula is C15H19BrO3. The van der Waals surface area contributed by atoms with Gasteiger partial charge in [-0.05, 0) is 63.3 Å². The predicted molar refractivity (Wildman–Crippen MR) is 77.5 cm³/mol. The molecule has 0 atom stereocenters. The Hall–Kier alpha value is -1.03. The van der Waals surface area contributed by atoms with Gasteiger partial charge in [-0.25, -0.2) is 0 Å². The summed E-state index contributed by atoms with van der Waals surface area (Å²) in [7, 11) is 0. The highest BCUT2D eigenvalue weighted by Gasteiger charge is 2.29. The van der Waals surface area contributed by atoms with E-state index in [1.54, 1.807) is 13.8 Å². The van der Waals surface area contributed by atoms with Crippen LogP contribution in [0.4, 0.5) is 0 Å². The number of hydrogen-bond acceptors (Lipinski definition) is 2. The number of carboxylic acids is 1. The fraction of sp³-hybridized carbons (Fsp3) is 0.533. The maximum absolute atomic E-state index is 11.3. The van der Waals surface area contributed by atoms with Gasteiger partial charge in [-0.15, -0.1) is 0 Å². The Balaban J connectivity index is 2.21. The lowest BCUT2D eigenvalue weighted by atomic mass is 9.85. The molecule has 1 saturated carbocycles. The molecule has 1 aromatic carbocycles. The van der Waals surface area contributed by atoms with E-state index in [0.29, 0.717) is 12.5 Å². The molecule has 0 saturated heterocycles. The molecule has 1 aliphatic carbocycles. The highest BCUT2D eigenvalue weighted by atomic mass is 79.9. The van der Waals surface area contributed by atoms with Crippen molar-refractivity contribution in [3.8, 4) is 5.75 Å². The van der Waals surface area contributed by atoms with Crippen LogP contribution in [0, 0.1) is 5.41 Å². The molecule has 0 unspecified atom stereocenters. The molecule has 0 aliphatic heterocycles. The molecule has 1 aromatic rings. The van der Waals surface area contributed by atoms with Gasteiger partial charge < -0.3 is 9.84 Å². The standard InChI is InChI=1S/C15H19BrO3/c1-15(2,14(17)18)9-10-8-11(16)6-7-13(10)19-12-4-3-5-12/h6-8,12H,3-5,9H2,1-2H3,(H,17,18). The highest BCUT2D eigenvalue weighted by molar-refractivity contribution is 9.10. The molecule has 1 N–H and O–H groups in total. The minimum Gasteiger partial charge on any atom is -0.490 e. The van der Waals surface area contributed by atoms with E-state index in [1.807, 2.05) is 18.2 Å². The van der Waals surface area contributed by atoms with Gasteiger partial charge in [-0.1, -0.05) is 15.9 Å². The van der Waals surface area contributed by atoms with Crippen LogP contribution in [0.25, 0.3) is 0 Å². The van der Waals surface area contributed by atoms with E-state index in [1.165, 1.54) is 6.42 Å². The summed E-state index contributed by atoms with van der Waals surface area (Å²) >= 11 is 3.44. The third kappa shape index (κ3) is 3.50. The fourth-order valence-corrected chi connectivity index (χ4v) is 2.43. The zero-order chi connectivity index (χ0) is 14.0. The monoisotopic (exact) mass is 326 g/mol. The van der Waals surface area contributed by atoms with Crippen molar-refractivity contribution in [3.63, 3.8) is 0 Å². The van der Waals surface area contributed by atoms with E-state index >= 15 is 0 Å². The van der Waals surface area contributed by atoms with E-state index < -0.39 is 11.4 Å². The molecular weight excluding hydrogens is 308 g/mol. The first-order valence-electron chi connectivity index (χ1n) is 6.57. The van der Waals surface area contributed by atoms with Crippen LogP contribution >= 0.6 is 15.9 Å². The number of carboxylic acid groups (broad SMARTS) is 1.